The zero-order valence-electron chi connectivity index (χ0n) is 17.1. The van der Waals surface area contributed by atoms with E-state index in [4.69, 9.17) is 4.99 Å². The third-order valence-electron chi connectivity index (χ3n) is 5.79. The topological polar surface area (TPSA) is 63.1 Å². The van der Waals surface area contributed by atoms with Gasteiger partial charge < -0.3 is 20.6 Å². The lowest BCUT2D eigenvalue weighted by Crippen LogP contribution is -2.52. The number of aliphatic hydroxyl groups is 1. The molecule has 1 fully saturated rings. The number of hydrogen-bond donors (Lipinski definition) is 3. The summed E-state index contributed by atoms with van der Waals surface area (Å²) >= 11 is 0. The van der Waals surface area contributed by atoms with Crippen molar-refractivity contribution < 1.29 is 5.11 Å². The molecule has 1 rings (SSSR count). The van der Waals surface area contributed by atoms with Gasteiger partial charge in [0.25, 0.3) is 0 Å². The van der Waals surface area contributed by atoms with E-state index in [0.29, 0.717) is 6.04 Å². The smallest absolute Gasteiger partial charge is 0.191 e. The summed E-state index contributed by atoms with van der Waals surface area (Å²) in [6.45, 7) is 16.1. The van der Waals surface area contributed by atoms with E-state index in [0.717, 1.165) is 71.0 Å². The number of nitrogens with one attached hydrogen (secondary N) is 2. The molecule has 25 heavy (non-hydrogen) atoms. The summed E-state index contributed by atoms with van der Waals surface area (Å²) in [5.41, 5.74) is 0.111. The van der Waals surface area contributed by atoms with Crippen molar-refractivity contribution in [1.82, 2.24) is 20.4 Å². The molecule has 0 bridgehead atoms. The standard InChI is InChI=1S/C19H41N5O/c1-6-19(7-2,9-14-25)16-22-18(20-8-3)21-15-17(4)24-12-10-23(5)11-13-24/h17,25H,6-16H2,1-5H3,(H2,20,21,22). The highest BCUT2D eigenvalue weighted by molar-refractivity contribution is 5.79. The van der Waals surface area contributed by atoms with E-state index in [9.17, 15) is 5.11 Å². The van der Waals surface area contributed by atoms with E-state index >= 15 is 0 Å². The molecule has 0 saturated carbocycles. The third kappa shape index (κ3) is 7.50. The summed E-state index contributed by atoms with van der Waals surface area (Å²) in [6.07, 6.45) is 2.91. The Bertz CT molecular complexity index is 376. The maximum Gasteiger partial charge on any atom is 0.191 e. The zero-order chi connectivity index (χ0) is 18.7. The summed E-state index contributed by atoms with van der Waals surface area (Å²) < 4.78 is 0. The molecule has 1 atom stereocenters. The van der Waals surface area contributed by atoms with E-state index in [-0.39, 0.29) is 12.0 Å². The molecule has 3 N–H and O–H groups in total. The van der Waals surface area contributed by atoms with E-state index in [1.807, 2.05) is 0 Å². The highest BCUT2D eigenvalue weighted by Gasteiger charge is 2.25. The SMILES string of the molecule is CCNC(=NCC(CC)(CC)CCO)NCC(C)N1CCN(C)CC1. The quantitative estimate of drug-likeness (QED) is 0.408. The van der Waals surface area contributed by atoms with E-state index in [2.05, 4.69) is 55.2 Å². The second kappa shape index (κ2) is 11.7. The van der Waals surface area contributed by atoms with Gasteiger partial charge in [0.1, 0.15) is 0 Å². The molecule has 0 aromatic rings. The Labute approximate surface area is 155 Å². The fraction of sp³-hybridized carbons (Fsp3) is 0.947. The first-order valence-corrected chi connectivity index (χ1v) is 10.1. The van der Waals surface area contributed by atoms with Gasteiger partial charge in [-0.15, -0.1) is 0 Å². The molecule has 0 aliphatic carbocycles. The Kier molecular flexibility index (Phi) is 10.4. The molecule has 0 spiro atoms. The number of hydrogen-bond acceptors (Lipinski definition) is 4. The molecule has 1 heterocycles. The minimum atomic E-state index is 0.111. The Morgan fingerprint density at radius 2 is 1.76 bits per heavy atom. The van der Waals surface area contributed by atoms with Crippen LogP contribution < -0.4 is 10.6 Å². The van der Waals surface area contributed by atoms with Crippen molar-refractivity contribution in [2.75, 3.05) is 59.5 Å². The van der Waals surface area contributed by atoms with Crippen LogP contribution in [-0.4, -0.2) is 86.4 Å². The molecule has 1 aliphatic rings. The molecule has 1 aliphatic heterocycles. The molecule has 0 aromatic heterocycles. The number of nitrogens with zero attached hydrogens (tertiary/aromatic N) is 3. The fourth-order valence-electron chi connectivity index (χ4n) is 3.37. The molecule has 0 aromatic carbocycles. The lowest BCUT2D eigenvalue weighted by molar-refractivity contribution is 0.120. The van der Waals surface area contributed by atoms with Crippen molar-refractivity contribution >= 4 is 5.96 Å². The van der Waals surface area contributed by atoms with Crippen LogP contribution in [0.1, 0.15) is 47.0 Å². The van der Waals surface area contributed by atoms with Crippen LogP contribution in [0.3, 0.4) is 0 Å². The lowest BCUT2D eigenvalue weighted by Gasteiger charge is -2.36. The first-order chi connectivity index (χ1) is 12.0. The number of piperazine rings is 1. The van der Waals surface area contributed by atoms with Crippen LogP contribution in [0.2, 0.25) is 0 Å². The number of guanidine groups is 1. The minimum Gasteiger partial charge on any atom is -0.396 e. The molecule has 148 valence electrons. The molecule has 1 unspecified atom stereocenters. The van der Waals surface area contributed by atoms with Gasteiger partial charge in [-0.3, -0.25) is 9.89 Å². The Balaban J connectivity index is 2.57. The average Bonchev–Trinajstić information content (AvgIpc) is 2.63. The second-order valence-electron chi connectivity index (χ2n) is 7.45. The van der Waals surface area contributed by atoms with Crippen LogP contribution in [0.15, 0.2) is 4.99 Å². The normalized spacial score (nSPS) is 19.0. The molecular weight excluding hydrogens is 314 g/mol. The van der Waals surface area contributed by atoms with Crippen molar-refractivity contribution in [3.8, 4) is 0 Å². The summed E-state index contributed by atoms with van der Waals surface area (Å²) in [5.74, 6) is 0.896. The number of likely N-dealkylation sites (N-methyl/N-ethyl adjacent to an activating group) is 1. The predicted octanol–water partition coefficient (Wildman–Crippen LogP) is 1.37. The van der Waals surface area contributed by atoms with Gasteiger partial charge in [-0.2, -0.15) is 0 Å². The van der Waals surface area contributed by atoms with Crippen LogP contribution >= 0.6 is 0 Å². The van der Waals surface area contributed by atoms with Gasteiger partial charge in [0.15, 0.2) is 5.96 Å². The first kappa shape index (κ1) is 22.2. The molecule has 0 radical (unpaired) electrons. The van der Waals surface area contributed by atoms with E-state index in [1.54, 1.807) is 0 Å². The van der Waals surface area contributed by atoms with Gasteiger partial charge in [0.2, 0.25) is 0 Å². The molecule has 6 nitrogen and oxygen atoms in total. The lowest BCUT2D eigenvalue weighted by atomic mass is 9.79. The molecule has 0 amide bonds. The van der Waals surface area contributed by atoms with E-state index < -0.39 is 0 Å². The van der Waals surface area contributed by atoms with Crippen LogP contribution in [0.25, 0.3) is 0 Å². The summed E-state index contributed by atoms with van der Waals surface area (Å²) in [4.78, 5) is 9.77. The van der Waals surface area contributed by atoms with Crippen molar-refractivity contribution in [2.45, 2.75) is 53.0 Å². The molecule has 1 saturated heterocycles. The van der Waals surface area contributed by atoms with Gasteiger partial charge >= 0.3 is 0 Å². The van der Waals surface area contributed by atoms with Crippen molar-refractivity contribution in [3.63, 3.8) is 0 Å². The summed E-state index contributed by atoms with van der Waals surface area (Å²) in [5, 5.41) is 16.3. The Morgan fingerprint density at radius 3 is 2.28 bits per heavy atom. The fourth-order valence-corrected chi connectivity index (χ4v) is 3.37. The minimum absolute atomic E-state index is 0.111. The van der Waals surface area contributed by atoms with Crippen LogP contribution in [0.4, 0.5) is 0 Å². The molecule has 6 heteroatoms. The van der Waals surface area contributed by atoms with Crippen molar-refractivity contribution in [3.05, 3.63) is 0 Å². The zero-order valence-corrected chi connectivity index (χ0v) is 17.1. The van der Waals surface area contributed by atoms with E-state index in [1.165, 1.54) is 0 Å². The summed E-state index contributed by atoms with van der Waals surface area (Å²) in [6, 6.07) is 0.497. The predicted molar refractivity (Wildman–Crippen MR) is 107 cm³/mol. The van der Waals surface area contributed by atoms with Crippen LogP contribution in [0, 0.1) is 5.41 Å². The van der Waals surface area contributed by atoms with Gasteiger partial charge in [-0.05, 0) is 45.6 Å². The Hall–Kier alpha value is -0.850. The average molecular weight is 356 g/mol. The number of rotatable bonds is 10. The van der Waals surface area contributed by atoms with Crippen molar-refractivity contribution in [2.24, 2.45) is 10.4 Å². The highest BCUT2D eigenvalue weighted by atomic mass is 16.3. The largest absolute Gasteiger partial charge is 0.396 e. The first-order valence-electron chi connectivity index (χ1n) is 10.1. The van der Waals surface area contributed by atoms with Crippen LogP contribution in [-0.2, 0) is 0 Å². The maximum atomic E-state index is 9.38. The van der Waals surface area contributed by atoms with Crippen molar-refractivity contribution in [1.29, 1.82) is 0 Å². The third-order valence-corrected chi connectivity index (χ3v) is 5.79. The molecular formula is C19H41N5O. The number of aliphatic imine (C=N–C) groups is 1. The number of aliphatic hydroxyl groups excluding tert-OH is 1. The monoisotopic (exact) mass is 355 g/mol. The van der Waals surface area contributed by atoms with Gasteiger partial charge in [-0.25, -0.2) is 0 Å². The second-order valence-corrected chi connectivity index (χ2v) is 7.45. The van der Waals surface area contributed by atoms with Gasteiger partial charge in [-0.1, -0.05) is 13.8 Å². The maximum absolute atomic E-state index is 9.38. The Morgan fingerprint density at radius 1 is 1.12 bits per heavy atom. The van der Waals surface area contributed by atoms with Gasteiger partial charge in [0.05, 0.1) is 0 Å². The highest BCUT2D eigenvalue weighted by Crippen LogP contribution is 2.30. The summed E-state index contributed by atoms with van der Waals surface area (Å²) in [7, 11) is 2.19. The van der Waals surface area contributed by atoms with Gasteiger partial charge in [0, 0.05) is 58.5 Å². The van der Waals surface area contributed by atoms with Crippen LogP contribution in [0.5, 0.6) is 0 Å².